The minimum absolute atomic E-state index is 0. The van der Waals surface area contributed by atoms with Crippen LogP contribution < -0.4 is 25.4 Å². The maximum Gasteiger partial charge on any atom is 0.193 e. The molecule has 0 spiro atoms. The topological polar surface area (TPSA) is 85.0 Å². The second-order valence-corrected chi connectivity index (χ2v) is 5.28. The number of aromatic nitrogens is 1. The summed E-state index contributed by atoms with van der Waals surface area (Å²) in [4.78, 5) is 10.8. The van der Waals surface area contributed by atoms with Crippen molar-refractivity contribution in [1.82, 2.24) is 4.98 Å². The van der Waals surface area contributed by atoms with Crippen molar-refractivity contribution in [2.24, 2.45) is 10.7 Å². The lowest BCUT2D eigenvalue weighted by atomic mass is 10.3. The summed E-state index contributed by atoms with van der Waals surface area (Å²) in [5.74, 6) is 2.47. The van der Waals surface area contributed by atoms with Crippen molar-refractivity contribution in [2.75, 3.05) is 38.5 Å². The highest BCUT2D eigenvalue weighted by atomic mass is 127. The lowest BCUT2D eigenvalue weighted by molar-refractivity contribution is 0.355. The van der Waals surface area contributed by atoms with Crippen LogP contribution in [0.4, 0.5) is 11.5 Å². The molecule has 3 N–H and O–H groups in total. The first-order valence-electron chi connectivity index (χ1n) is 7.45. The van der Waals surface area contributed by atoms with Crippen LogP contribution in [0.25, 0.3) is 0 Å². The number of hydrogen-bond donors (Lipinski definition) is 2. The number of pyridine rings is 1. The number of anilines is 2. The summed E-state index contributed by atoms with van der Waals surface area (Å²) >= 11 is 0. The van der Waals surface area contributed by atoms with E-state index in [0.717, 1.165) is 17.2 Å². The lowest BCUT2D eigenvalue weighted by Gasteiger charge is -2.12. The molecule has 0 aliphatic carbocycles. The monoisotopic (exact) mass is 457 g/mol. The average molecular weight is 457 g/mol. The van der Waals surface area contributed by atoms with Crippen LogP contribution >= 0.6 is 24.0 Å². The number of halogens is 1. The number of benzene rings is 1. The fourth-order valence-corrected chi connectivity index (χ4v) is 2.07. The summed E-state index contributed by atoms with van der Waals surface area (Å²) in [6.45, 7) is 0.397. The Hall–Kier alpha value is -2.23. The highest BCUT2D eigenvalue weighted by Crippen LogP contribution is 2.29. The van der Waals surface area contributed by atoms with Gasteiger partial charge in [-0.3, -0.25) is 0 Å². The fourth-order valence-electron chi connectivity index (χ4n) is 2.07. The summed E-state index contributed by atoms with van der Waals surface area (Å²) in [5.41, 5.74) is 7.56. The highest BCUT2D eigenvalue weighted by Gasteiger charge is 2.05. The van der Waals surface area contributed by atoms with Crippen molar-refractivity contribution >= 4 is 41.4 Å². The molecule has 0 unspecified atom stereocenters. The number of hydrogen-bond acceptors (Lipinski definition) is 5. The van der Waals surface area contributed by atoms with Crippen LogP contribution in [0.5, 0.6) is 11.5 Å². The molecule has 8 heteroatoms. The third-order valence-electron chi connectivity index (χ3n) is 3.32. The molecule has 0 radical (unpaired) electrons. The Morgan fingerprint density at radius 3 is 2.52 bits per heavy atom. The first-order chi connectivity index (χ1) is 11.5. The minimum atomic E-state index is 0. The molecule has 0 saturated heterocycles. The number of ether oxygens (including phenoxy) is 2. The Morgan fingerprint density at radius 1 is 1.16 bits per heavy atom. The Balaban J connectivity index is 0.00000312. The van der Waals surface area contributed by atoms with Gasteiger partial charge in [-0.2, -0.15) is 0 Å². The third-order valence-corrected chi connectivity index (χ3v) is 3.32. The van der Waals surface area contributed by atoms with Gasteiger partial charge in [0, 0.05) is 25.8 Å². The number of nitrogens with zero attached hydrogens (tertiary/aromatic N) is 3. The molecule has 0 amide bonds. The van der Waals surface area contributed by atoms with Crippen LogP contribution in [0.2, 0.25) is 0 Å². The maximum atomic E-state index is 5.94. The predicted molar refractivity (Wildman–Crippen MR) is 112 cm³/mol. The second-order valence-electron chi connectivity index (χ2n) is 5.28. The van der Waals surface area contributed by atoms with E-state index in [0.29, 0.717) is 24.0 Å². The van der Waals surface area contributed by atoms with Crippen LogP contribution in [-0.2, 0) is 6.54 Å². The zero-order valence-corrected chi connectivity index (χ0v) is 17.1. The van der Waals surface area contributed by atoms with Gasteiger partial charge in [0.25, 0.3) is 0 Å². The number of nitrogens with two attached hydrogens (primary N) is 1. The van der Waals surface area contributed by atoms with Gasteiger partial charge < -0.3 is 25.4 Å². The van der Waals surface area contributed by atoms with E-state index in [1.165, 1.54) is 0 Å². The largest absolute Gasteiger partial charge is 0.493 e. The van der Waals surface area contributed by atoms with Gasteiger partial charge in [-0.15, -0.1) is 24.0 Å². The van der Waals surface area contributed by atoms with E-state index in [4.69, 9.17) is 15.2 Å². The molecular formula is C17H24IN5O2. The Kier molecular flexibility index (Phi) is 8.26. The van der Waals surface area contributed by atoms with Gasteiger partial charge in [0.1, 0.15) is 5.82 Å². The molecular weight excluding hydrogens is 433 g/mol. The lowest BCUT2D eigenvalue weighted by Crippen LogP contribution is -2.22. The number of methoxy groups -OCH3 is 2. The van der Waals surface area contributed by atoms with E-state index in [9.17, 15) is 0 Å². The molecule has 0 aliphatic heterocycles. The van der Waals surface area contributed by atoms with E-state index in [2.05, 4.69) is 15.3 Å². The molecule has 0 fully saturated rings. The maximum absolute atomic E-state index is 5.94. The van der Waals surface area contributed by atoms with Crippen LogP contribution in [0.1, 0.15) is 5.69 Å². The Labute approximate surface area is 165 Å². The van der Waals surface area contributed by atoms with Crippen molar-refractivity contribution < 1.29 is 9.47 Å². The summed E-state index contributed by atoms with van der Waals surface area (Å²) in [6, 6.07) is 11.3. The van der Waals surface area contributed by atoms with E-state index >= 15 is 0 Å². The molecule has 1 heterocycles. The first kappa shape index (κ1) is 20.8. The predicted octanol–water partition coefficient (Wildman–Crippen LogP) is 2.71. The highest BCUT2D eigenvalue weighted by molar-refractivity contribution is 14.0. The minimum Gasteiger partial charge on any atom is -0.493 e. The molecule has 0 aliphatic rings. The van der Waals surface area contributed by atoms with Gasteiger partial charge in [0.2, 0.25) is 0 Å². The van der Waals surface area contributed by atoms with Crippen LogP contribution in [0.3, 0.4) is 0 Å². The van der Waals surface area contributed by atoms with E-state index in [1.54, 1.807) is 26.4 Å². The fraction of sp³-hybridized carbons (Fsp3) is 0.294. The van der Waals surface area contributed by atoms with Gasteiger partial charge >= 0.3 is 0 Å². The van der Waals surface area contributed by atoms with Gasteiger partial charge in [-0.25, -0.2) is 9.98 Å². The number of aliphatic imine (C=N–C) groups is 1. The SMILES string of the molecule is COc1ccc(NC(N)=NCc2cccc(N(C)C)n2)cc1OC.I. The molecule has 0 atom stereocenters. The van der Waals surface area contributed by atoms with E-state index in [1.807, 2.05) is 43.3 Å². The summed E-state index contributed by atoms with van der Waals surface area (Å²) in [7, 11) is 7.07. The number of rotatable bonds is 6. The molecule has 136 valence electrons. The molecule has 1 aromatic heterocycles. The zero-order chi connectivity index (χ0) is 17.5. The van der Waals surface area contributed by atoms with Gasteiger partial charge in [-0.1, -0.05) is 6.07 Å². The summed E-state index contributed by atoms with van der Waals surface area (Å²) in [5, 5.41) is 3.03. The van der Waals surface area contributed by atoms with Gasteiger partial charge in [0.15, 0.2) is 17.5 Å². The van der Waals surface area contributed by atoms with Crippen LogP contribution in [0.15, 0.2) is 41.4 Å². The van der Waals surface area contributed by atoms with E-state index < -0.39 is 0 Å². The average Bonchev–Trinajstić information content (AvgIpc) is 2.60. The standard InChI is InChI=1S/C17H23N5O2.HI/c1-22(2)16-7-5-6-13(20-16)11-19-17(18)21-12-8-9-14(23-3)15(10-12)24-4;/h5-10H,11H2,1-4H3,(H3,18,19,21);1H. The van der Waals surface area contributed by atoms with Crippen molar-refractivity contribution in [3.63, 3.8) is 0 Å². The quantitative estimate of drug-likeness (QED) is 0.394. The number of guanidine groups is 1. The van der Waals surface area contributed by atoms with E-state index in [-0.39, 0.29) is 24.0 Å². The summed E-state index contributed by atoms with van der Waals surface area (Å²) in [6.07, 6.45) is 0. The Bertz CT molecular complexity index is 722. The van der Waals surface area contributed by atoms with Crippen molar-refractivity contribution in [1.29, 1.82) is 0 Å². The molecule has 2 rings (SSSR count). The molecule has 7 nitrogen and oxygen atoms in total. The number of nitrogens with one attached hydrogen (secondary N) is 1. The molecule has 2 aromatic rings. The van der Waals surface area contributed by atoms with Gasteiger partial charge in [0.05, 0.1) is 26.5 Å². The zero-order valence-electron chi connectivity index (χ0n) is 14.8. The normalized spacial score (nSPS) is 10.6. The Morgan fingerprint density at radius 2 is 1.88 bits per heavy atom. The van der Waals surface area contributed by atoms with Crippen molar-refractivity contribution in [2.45, 2.75) is 6.54 Å². The van der Waals surface area contributed by atoms with Crippen LogP contribution in [0, 0.1) is 0 Å². The van der Waals surface area contributed by atoms with Crippen molar-refractivity contribution in [3.8, 4) is 11.5 Å². The smallest absolute Gasteiger partial charge is 0.193 e. The van der Waals surface area contributed by atoms with Gasteiger partial charge in [-0.05, 0) is 24.3 Å². The van der Waals surface area contributed by atoms with Crippen molar-refractivity contribution in [3.05, 3.63) is 42.1 Å². The molecule has 0 bridgehead atoms. The molecule has 1 aromatic carbocycles. The first-order valence-corrected chi connectivity index (χ1v) is 7.45. The third kappa shape index (κ3) is 5.96. The second kappa shape index (κ2) is 9.92. The summed E-state index contributed by atoms with van der Waals surface area (Å²) < 4.78 is 10.5. The molecule has 0 saturated carbocycles. The van der Waals surface area contributed by atoms with Crippen LogP contribution in [-0.4, -0.2) is 39.3 Å². The molecule has 25 heavy (non-hydrogen) atoms.